The van der Waals surface area contributed by atoms with E-state index in [2.05, 4.69) is 48.7 Å². The van der Waals surface area contributed by atoms with E-state index in [1.807, 2.05) is 6.92 Å². The van der Waals surface area contributed by atoms with Crippen LogP contribution in [-0.2, 0) is 4.79 Å². The summed E-state index contributed by atoms with van der Waals surface area (Å²) in [6.07, 6.45) is 2.07. The maximum Gasteiger partial charge on any atom is 0.224 e. The molecule has 0 radical (unpaired) electrons. The molecule has 2 N–H and O–H groups in total. The predicted molar refractivity (Wildman–Crippen MR) is 77.9 cm³/mol. The number of piperidine rings is 1. The number of amides is 1. The van der Waals surface area contributed by atoms with Gasteiger partial charge in [0.15, 0.2) is 0 Å². The van der Waals surface area contributed by atoms with E-state index in [0.29, 0.717) is 6.04 Å². The minimum absolute atomic E-state index is 0.0763. The quantitative estimate of drug-likeness (QED) is 0.877. The Balaban J connectivity index is 1.89. The van der Waals surface area contributed by atoms with Gasteiger partial charge in [-0.2, -0.15) is 0 Å². The Hall–Kier alpha value is -1.35. The van der Waals surface area contributed by atoms with Crippen LogP contribution in [0.4, 0.5) is 0 Å². The van der Waals surface area contributed by atoms with Gasteiger partial charge in [0.2, 0.25) is 5.91 Å². The molecule has 0 aromatic heterocycles. The zero-order chi connectivity index (χ0) is 13.8. The fourth-order valence-electron chi connectivity index (χ4n) is 2.49. The lowest BCUT2D eigenvalue weighted by Crippen LogP contribution is -2.44. The molecule has 104 valence electrons. The number of benzene rings is 1. The van der Waals surface area contributed by atoms with Gasteiger partial charge in [0.05, 0.1) is 12.0 Å². The van der Waals surface area contributed by atoms with Crippen molar-refractivity contribution in [2.75, 3.05) is 6.54 Å². The van der Waals surface area contributed by atoms with Crippen molar-refractivity contribution in [3.63, 3.8) is 0 Å². The molecular weight excluding hydrogens is 236 g/mol. The highest BCUT2D eigenvalue weighted by Gasteiger charge is 2.24. The van der Waals surface area contributed by atoms with Crippen LogP contribution in [0.3, 0.4) is 0 Å². The standard InChI is InChI=1S/C16H24N2O/c1-11-4-7-14(8-5-11)13(3)18-16(19)15-9-6-12(2)17-10-15/h4-5,7-8,12-13,15,17H,6,9-10H2,1-3H3,(H,18,19). The van der Waals surface area contributed by atoms with E-state index in [0.717, 1.165) is 24.9 Å². The second-order valence-corrected chi connectivity index (χ2v) is 5.72. The molecule has 0 spiro atoms. The summed E-state index contributed by atoms with van der Waals surface area (Å²) in [5.41, 5.74) is 2.41. The molecule has 3 unspecified atom stereocenters. The van der Waals surface area contributed by atoms with Crippen LogP contribution in [0.15, 0.2) is 24.3 Å². The molecule has 1 aromatic rings. The van der Waals surface area contributed by atoms with Gasteiger partial charge in [-0.25, -0.2) is 0 Å². The Morgan fingerprint density at radius 3 is 2.58 bits per heavy atom. The van der Waals surface area contributed by atoms with Gasteiger partial charge in [0, 0.05) is 12.6 Å². The van der Waals surface area contributed by atoms with Crippen LogP contribution in [0.1, 0.15) is 43.9 Å². The number of carbonyl (C=O) groups excluding carboxylic acids is 1. The molecule has 3 heteroatoms. The van der Waals surface area contributed by atoms with Crippen LogP contribution >= 0.6 is 0 Å². The van der Waals surface area contributed by atoms with E-state index in [1.54, 1.807) is 0 Å². The molecule has 0 aliphatic carbocycles. The zero-order valence-electron chi connectivity index (χ0n) is 12.1. The molecule has 3 nitrogen and oxygen atoms in total. The smallest absolute Gasteiger partial charge is 0.224 e. The van der Waals surface area contributed by atoms with E-state index >= 15 is 0 Å². The molecule has 1 fully saturated rings. The fraction of sp³-hybridized carbons (Fsp3) is 0.562. The Kier molecular flexibility index (Phi) is 4.59. The highest BCUT2D eigenvalue weighted by molar-refractivity contribution is 5.79. The molecule has 2 rings (SSSR count). The largest absolute Gasteiger partial charge is 0.349 e. The third-order valence-electron chi connectivity index (χ3n) is 3.97. The summed E-state index contributed by atoms with van der Waals surface area (Å²) in [6, 6.07) is 8.96. The van der Waals surface area contributed by atoms with Gasteiger partial charge in [0.25, 0.3) is 0 Å². The van der Waals surface area contributed by atoms with Crippen LogP contribution in [0.2, 0.25) is 0 Å². The summed E-state index contributed by atoms with van der Waals surface area (Å²) in [4.78, 5) is 12.2. The average Bonchev–Trinajstić information content (AvgIpc) is 2.40. The van der Waals surface area contributed by atoms with Crippen molar-refractivity contribution in [3.05, 3.63) is 35.4 Å². The fourth-order valence-corrected chi connectivity index (χ4v) is 2.49. The molecule has 1 amide bonds. The highest BCUT2D eigenvalue weighted by atomic mass is 16.1. The molecule has 0 saturated carbocycles. The first-order valence-corrected chi connectivity index (χ1v) is 7.16. The highest BCUT2D eigenvalue weighted by Crippen LogP contribution is 2.17. The summed E-state index contributed by atoms with van der Waals surface area (Å²) < 4.78 is 0. The third kappa shape index (κ3) is 3.80. The molecular formula is C16H24N2O. The van der Waals surface area contributed by atoms with E-state index in [-0.39, 0.29) is 17.9 Å². The third-order valence-corrected chi connectivity index (χ3v) is 3.97. The van der Waals surface area contributed by atoms with Crippen molar-refractivity contribution in [1.29, 1.82) is 0 Å². The van der Waals surface area contributed by atoms with Crippen molar-refractivity contribution < 1.29 is 4.79 Å². The molecule has 19 heavy (non-hydrogen) atoms. The average molecular weight is 260 g/mol. The van der Waals surface area contributed by atoms with Crippen molar-refractivity contribution >= 4 is 5.91 Å². The van der Waals surface area contributed by atoms with Crippen LogP contribution in [0.25, 0.3) is 0 Å². The van der Waals surface area contributed by atoms with E-state index in [1.165, 1.54) is 5.56 Å². The van der Waals surface area contributed by atoms with Crippen LogP contribution in [0.5, 0.6) is 0 Å². The predicted octanol–water partition coefficient (Wildman–Crippen LogP) is 2.56. The molecule has 1 saturated heterocycles. The van der Waals surface area contributed by atoms with Crippen LogP contribution in [0, 0.1) is 12.8 Å². The summed E-state index contributed by atoms with van der Waals surface area (Å²) >= 11 is 0. The van der Waals surface area contributed by atoms with Gasteiger partial charge in [-0.15, -0.1) is 0 Å². The Morgan fingerprint density at radius 2 is 2.00 bits per heavy atom. The molecule has 1 aromatic carbocycles. The lowest BCUT2D eigenvalue weighted by molar-refractivity contribution is -0.126. The summed E-state index contributed by atoms with van der Waals surface area (Å²) in [7, 11) is 0. The molecule has 1 aliphatic rings. The van der Waals surface area contributed by atoms with Gasteiger partial charge in [0.1, 0.15) is 0 Å². The number of hydrogen-bond donors (Lipinski definition) is 2. The first-order chi connectivity index (χ1) is 9.06. The Labute approximate surface area is 115 Å². The van der Waals surface area contributed by atoms with Crippen molar-refractivity contribution in [2.45, 2.75) is 45.7 Å². The van der Waals surface area contributed by atoms with Gasteiger partial charge in [-0.1, -0.05) is 29.8 Å². The monoisotopic (exact) mass is 260 g/mol. The van der Waals surface area contributed by atoms with E-state index in [4.69, 9.17) is 0 Å². The topological polar surface area (TPSA) is 41.1 Å². The lowest BCUT2D eigenvalue weighted by atomic mass is 9.94. The number of nitrogens with one attached hydrogen (secondary N) is 2. The summed E-state index contributed by atoms with van der Waals surface area (Å²) in [6.45, 7) is 7.08. The summed E-state index contributed by atoms with van der Waals surface area (Å²) in [5, 5.41) is 6.49. The maximum atomic E-state index is 12.2. The SMILES string of the molecule is Cc1ccc(C(C)NC(=O)C2CCC(C)NC2)cc1. The number of rotatable bonds is 3. The van der Waals surface area contributed by atoms with Gasteiger partial charge in [-0.05, 0) is 39.2 Å². The van der Waals surface area contributed by atoms with Crippen molar-refractivity contribution in [3.8, 4) is 0 Å². The van der Waals surface area contributed by atoms with E-state index in [9.17, 15) is 4.79 Å². The van der Waals surface area contributed by atoms with Crippen molar-refractivity contribution in [1.82, 2.24) is 10.6 Å². The van der Waals surface area contributed by atoms with Crippen LogP contribution < -0.4 is 10.6 Å². The Morgan fingerprint density at radius 1 is 1.32 bits per heavy atom. The number of hydrogen-bond acceptors (Lipinski definition) is 2. The first kappa shape index (κ1) is 14.1. The molecule has 0 bridgehead atoms. The molecule has 3 atom stereocenters. The number of aryl methyl sites for hydroxylation is 1. The number of carbonyl (C=O) groups is 1. The Bertz CT molecular complexity index is 419. The van der Waals surface area contributed by atoms with E-state index < -0.39 is 0 Å². The minimum atomic E-state index is 0.0763. The zero-order valence-corrected chi connectivity index (χ0v) is 12.1. The molecule has 1 heterocycles. The maximum absolute atomic E-state index is 12.2. The van der Waals surface area contributed by atoms with Crippen molar-refractivity contribution in [2.24, 2.45) is 5.92 Å². The van der Waals surface area contributed by atoms with Gasteiger partial charge < -0.3 is 10.6 Å². The van der Waals surface area contributed by atoms with Crippen LogP contribution in [-0.4, -0.2) is 18.5 Å². The lowest BCUT2D eigenvalue weighted by Gasteiger charge is -2.28. The van der Waals surface area contributed by atoms with Gasteiger partial charge >= 0.3 is 0 Å². The second kappa shape index (κ2) is 6.20. The second-order valence-electron chi connectivity index (χ2n) is 5.72. The first-order valence-electron chi connectivity index (χ1n) is 7.16. The normalized spacial score (nSPS) is 24.8. The minimum Gasteiger partial charge on any atom is -0.349 e. The van der Waals surface area contributed by atoms with Gasteiger partial charge in [-0.3, -0.25) is 4.79 Å². The molecule has 1 aliphatic heterocycles. The summed E-state index contributed by atoms with van der Waals surface area (Å²) in [5.74, 6) is 0.288.